The molecule has 13 heavy (non-hydrogen) atoms. The molecular formula is C6H7N5O2. The fourth-order valence-corrected chi connectivity index (χ4v) is 1.03. The lowest BCUT2D eigenvalue weighted by atomic mass is 10.5. The van der Waals surface area contributed by atoms with Gasteiger partial charge in [-0.2, -0.15) is 0 Å². The molecule has 2 N–H and O–H groups in total. The predicted molar refractivity (Wildman–Crippen MR) is 43.0 cm³/mol. The number of rotatable bonds is 2. The molecule has 7 nitrogen and oxygen atoms in total. The fourth-order valence-electron chi connectivity index (χ4n) is 1.03. The molecule has 0 aliphatic heterocycles. The van der Waals surface area contributed by atoms with Crippen LogP contribution in [-0.4, -0.2) is 36.7 Å². The van der Waals surface area contributed by atoms with E-state index < -0.39 is 0 Å². The second-order valence-electron chi connectivity index (χ2n) is 2.44. The number of H-pyrrole nitrogens is 1. The summed E-state index contributed by atoms with van der Waals surface area (Å²) in [4.78, 5) is 17.9. The highest BCUT2D eigenvalue weighted by atomic mass is 16.3. The number of aromatic amines is 1. The Hall–Kier alpha value is -1.76. The molecule has 0 bridgehead atoms. The van der Waals surface area contributed by atoms with E-state index in [1.807, 2.05) is 0 Å². The number of aliphatic hydroxyl groups excluding tert-OH is 1. The van der Waals surface area contributed by atoms with Gasteiger partial charge in [0.05, 0.1) is 19.5 Å². The van der Waals surface area contributed by atoms with Gasteiger partial charge in [-0.3, -0.25) is 4.79 Å². The van der Waals surface area contributed by atoms with Crippen LogP contribution in [0.1, 0.15) is 0 Å². The number of hydrogen-bond acceptors (Lipinski definition) is 5. The molecule has 2 rings (SSSR count). The molecule has 0 spiro atoms. The molecule has 0 aromatic carbocycles. The van der Waals surface area contributed by atoms with Crippen molar-refractivity contribution >= 4 is 11.2 Å². The number of aromatic nitrogens is 5. The molecule has 0 atom stereocenters. The SMILES string of the molecule is O=c1c2[nH]cnc2nnn1CCO. The Bertz CT molecular complexity index is 473. The van der Waals surface area contributed by atoms with E-state index in [2.05, 4.69) is 20.3 Å². The first-order valence-electron chi connectivity index (χ1n) is 3.70. The monoisotopic (exact) mass is 181 g/mol. The van der Waals surface area contributed by atoms with Crippen molar-refractivity contribution in [3.63, 3.8) is 0 Å². The summed E-state index contributed by atoms with van der Waals surface area (Å²) in [5.41, 5.74) is 0.277. The van der Waals surface area contributed by atoms with Gasteiger partial charge in [0.1, 0.15) is 0 Å². The highest BCUT2D eigenvalue weighted by molar-refractivity contribution is 5.67. The Kier molecular flexibility index (Phi) is 1.78. The van der Waals surface area contributed by atoms with Gasteiger partial charge in [0.25, 0.3) is 5.56 Å². The summed E-state index contributed by atoms with van der Waals surface area (Å²) < 4.78 is 1.08. The Labute approximate surface area is 72.0 Å². The van der Waals surface area contributed by atoms with Crippen LogP contribution in [0, 0.1) is 0 Å². The van der Waals surface area contributed by atoms with Gasteiger partial charge >= 0.3 is 0 Å². The zero-order valence-electron chi connectivity index (χ0n) is 6.64. The van der Waals surface area contributed by atoms with Crippen molar-refractivity contribution in [1.29, 1.82) is 0 Å². The lowest BCUT2D eigenvalue weighted by Crippen LogP contribution is -2.25. The summed E-state index contributed by atoms with van der Waals surface area (Å²) in [5, 5.41) is 15.9. The first-order valence-corrected chi connectivity index (χ1v) is 3.70. The van der Waals surface area contributed by atoms with Crippen molar-refractivity contribution in [3.8, 4) is 0 Å². The van der Waals surface area contributed by atoms with Crippen molar-refractivity contribution in [3.05, 3.63) is 16.7 Å². The van der Waals surface area contributed by atoms with Gasteiger partial charge in [-0.15, -0.1) is 5.10 Å². The zero-order valence-corrected chi connectivity index (χ0v) is 6.64. The van der Waals surface area contributed by atoms with Crippen LogP contribution in [0.4, 0.5) is 0 Å². The van der Waals surface area contributed by atoms with E-state index in [4.69, 9.17) is 5.11 Å². The summed E-state index contributed by atoms with van der Waals surface area (Å²) in [6, 6.07) is 0. The molecule has 7 heteroatoms. The zero-order chi connectivity index (χ0) is 9.26. The van der Waals surface area contributed by atoms with Crippen LogP contribution in [0.3, 0.4) is 0 Å². The van der Waals surface area contributed by atoms with Crippen LogP contribution >= 0.6 is 0 Å². The molecule has 2 aromatic heterocycles. The highest BCUT2D eigenvalue weighted by Gasteiger charge is 2.05. The summed E-state index contributed by atoms with van der Waals surface area (Å²) in [6.07, 6.45) is 1.38. The Morgan fingerprint density at radius 1 is 1.62 bits per heavy atom. The molecule has 0 unspecified atom stereocenters. The van der Waals surface area contributed by atoms with E-state index in [-0.39, 0.29) is 18.7 Å². The summed E-state index contributed by atoms with van der Waals surface area (Å²) in [6.45, 7) is -0.00494. The Morgan fingerprint density at radius 3 is 3.23 bits per heavy atom. The minimum atomic E-state index is -0.323. The van der Waals surface area contributed by atoms with Gasteiger partial charge in [-0.1, -0.05) is 5.21 Å². The first-order chi connectivity index (χ1) is 6.33. The van der Waals surface area contributed by atoms with E-state index in [0.717, 1.165) is 4.68 Å². The third-order valence-corrected chi connectivity index (χ3v) is 1.63. The predicted octanol–water partition coefficient (Wildman–Crippen LogP) is -1.49. The number of imidazole rings is 1. The maximum Gasteiger partial charge on any atom is 0.295 e. The van der Waals surface area contributed by atoms with E-state index in [1.54, 1.807) is 0 Å². The number of fused-ring (bicyclic) bond motifs is 1. The molecule has 0 fully saturated rings. The topological polar surface area (TPSA) is 96.7 Å². The van der Waals surface area contributed by atoms with Crippen LogP contribution in [-0.2, 0) is 6.54 Å². The molecule has 0 saturated heterocycles. The van der Waals surface area contributed by atoms with Crippen LogP contribution in [0.25, 0.3) is 11.2 Å². The van der Waals surface area contributed by atoms with E-state index in [0.29, 0.717) is 11.2 Å². The maximum absolute atomic E-state index is 11.5. The standard InChI is InChI=1S/C6H7N5O2/c12-2-1-11-6(13)4-5(9-10-11)8-3-7-4/h3,12H,1-2H2,(H,7,8). The summed E-state index contributed by atoms with van der Waals surface area (Å²) in [7, 11) is 0. The van der Waals surface area contributed by atoms with Gasteiger partial charge in [-0.05, 0) is 0 Å². The third-order valence-electron chi connectivity index (χ3n) is 1.63. The molecule has 0 aliphatic rings. The molecule has 0 saturated carbocycles. The van der Waals surface area contributed by atoms with Gasteiger partial charge in [0.2, 0.25) is 5.65 Å². The molecule has 0 amide bonds. The van der Waals surface area contributed by atoms with Gasteiger partial charge < -0.3 is 10.1 Å². The van der Waals surface area contributed by atoms with Crippen LogP contribution in [0.15, 0.2) is 11.1 Å². The minimum Gasteiger partial charge on any atom is -0.394 e. The molecule has 0 radical (unpaired) electrons. The summed E-state index contributed by atoms with van der Waals surface area (Å²) in [5.74, 6) is 0. The van der Waals surface area contributed by atoms with Gasteiger partial charge in [-0.25, -0.2) is 9.67 Å². The molecular weight excluding hydrogens is 174 g/mol. The molecule has 2 aromatic rings. The number of hydrogen-bond donors (Lipinski definition) is 2. The lowest BCUT2D eigenvalue weighted by molar-refractivity contribution is 0.264. The van der Waals surface area contributed by atoms with E-state index in [9.17, 15) is 4.79 Å². The maximum atomic E-state index is 11.5. The van der Waals surface area contributed by atoms with Crippen LogP contribution in [0.2, 0.25) is 0 Å². The van der Waals surface area contributed by atoms with Crippen molar-refractivity contribution in [2.45, 2.75) is 6.54 Å². The van der Waals surface area contributed by atoms with E-state index in [1.165, 1.54) is 6.33 Å². The normalized spacial score (nSPS) is 10.8. The van der Waals surface area contributed by atoms with Gasteiger partial charge in [0, 0.05) is 0 Å². The average molecular weight is 181 g/mol. The first kappa shape index (κ1) is 7.87. The van der Waals surface area contributed by atoms with Crippen LogP contribution < -0.4 is 5.56 Å². The number of aliphatic hydroxyl groups is 1. The molecule has 2 heterocycles. The van der Waals surface area contributed by atoms with Crippen molar-refractivity contribution in [2.24, 2.45) is 0 Å². The van der Waals surface area contributed by atoms with Crippen molar-refractivity contribution in [1.82, 2.24) is 25.0 Å². The quantitative estimate of drug-likeness (QED) is 0.588. The second-order valence-corrected chi connectivity index (χ2v) is 2.44. The van der Waals surface area contributed by atoms with Gasteiger partial charge in [0.15, 0.2) is 5.52 Å². The van der Waals surface area contributed by atoms with Crippen molar-refractivity contribution < 1.29 is 5.11 Å². The molecule has 68 valence electrons. The number of nitrogens with zero attached hydrogens (tertiary/aromatic N) is 4. The number of nitrogens with one attached hydrogen (secondary N) is 1. The molecule has 0 aliphatic carbocycles. The Morgan fingerprint density at radius 2 is 2.46 bits per heavy atom. The summed E-state index contributed by atoms with van der Waals surface area (Å²) >= 11 is 0. The van der Waals surface area contributed by atoms with Crippen LogP contribution in [0.5, 0.6) is 0 Å². The minimum absolute atomic E-state index is 0.140. The smallest absolute Gasteiger partial charge is 0.295 e. The highest BCUT2D eigenvalue weighted by Crippen LogP contribution is 1.94. The van der Waals surface area contributed by atoms with Crippen molar-refractivity contribution in [2.75, 3.05) is 6.61 Å². The lowest BCUT2D eigenvalue weighted by Gasteiger charge is -1.97. The average Bonchev–Trinajstić information content (AvgIpc) is 2.58. The third kappa shape index (κ3) is 1.18. The van der Waals surface area contributed by atoms with E-state index >= 15 is 0 Å². The second kappa shape index (κ2) is 2.94. The fraction of sp³-hybridized carbons (Fsp3) is 0.333. The largest absolute Gasteiger partial charge is 0.394 e. The Balaban J connectivity index is 2.67.